The second kappa shape index (κ2) is 8.52. The summed E-state index contributed by atoms with van der Waals surface area (Å²) in [5.41, 5.74) is 4.84. The lowest BCUT2D eigenvalue weighted by atomic mass is 9.96. The number of hydrogen-bond acceptors (Lipinski definition) is 6. The number of thiophene rings is 1. The van der Waals surface area contributed by atoms with Crippen LogP contribution in [-0.2, 0) is 9.53 Å². The first-order valence-corrected chi connectivity index (χ1v) is 11.5. The third kappa shape index (κ3) is 3.91. The highest BCUT2D eigenvalue weighted by atomic mass is 35.5. The van der Waals surface area contributed by atoms with E-state index in [1.54, 1.807) is 11.3 Å². The zero-order chi connectivity index (χ0) is 21.4. The second-order valence-electron chi connectivity index (χ2n) is 7.87. The molecule has 3 heterocycles. The van der Waals surface area contributed by atoms with Gasteiger partial charge in [0.1, 0.15) is 10.6 Å². The van der Waals surface area contributed by atoms with Crippen LogP contribution in [0.1, 0.15) is 35.8 Å². The van der Waals surface area contributed by atoms with Gasteiger partial charge in [-0.25, -0.2) is 4.98 Å². The van der Waals surface area contributed by atoms with Crippen LogP contribution in [-0.4, -0.2) is 35.6 Å². The first-order valence-electron chi connectivity index (χ1n) is 10.3. The number of piperidine rings is 1. The highest BCUT2D eigenvalue weighted by Crippen LogP contribution is 2.43. The minimum atomic E-state index is -0.146. The molecule has 0 bridgehead atoms. The van der Waals surface area contributed by atoms with Gasteiger partial charge >= 0.3 is 5.97 Å². The fraction of sp³-hybridized carbons (Fsp3) is 0.435. The number of aromatic nitrogens is 2. The summed E-state index contributed by atoms with van der Waals surface area (Å²) in [6.45, 7) is 10.0. The van der Waals surface area contributed by atoms with Crippen LogP contribution in [0.15, 0.2) is 18.2 Å². The largest absolute Gasteiger partial charge is 0.466 e. The summed E-state index contributed by atoms with van der Waals surface area (Å²) in [5.74, 6) is 0.540. The van der Waals surface area contributed by atoms with E-state index in [2.05, 4.69) is 53.8 Å². The van der Waals surface area contributed by atoms with Crippen LogP contribution in [0.2, 0.25) is 5.28 Å². The third-order valence-corrected chi connectivity index (χ3v) is 6.99. The van der Waals surface area contributed by atoms with Crippen molar-refractivity contribution in [2.45, 2.75) is 40.5 Å². The molecule has 4 rings (SSSR count). The molecule has 0 aliphatic carbocycles. The van der Waals surface area contributed by atoms with Gasteiger partial charge in [-0.2, -0.15) is 4.98 Å². The van der Waals surface area contributed by atoms with Crippen molar-refractivity contribution in [2.75, 3.05) is 24.6 Å². The van der Waals surface area contributed by atoms with Crippen LogP contribution in [0.5, 0.6) is 0 Å². The number of carbonyl (C=O) groups is 1. The standard InChI is InChI=1S/C23H26ClN3O2S/c1-5-29-22(28)17-7-6-10-27(12-17)20-19-18(16-9-8-13(2)14(3)11-16)15(4)30-21(19)26-23(24)25-20/h8-9,11,17H,5-7,10,12H2,1-4H3. The molecule has 1 aromatic carbocycles. The average molecular weight is 444 g/mol. The lowest BCUT2D eigenvalue weighted by Crippen LogP contribution is -2.40. The Kier molecular flexibility index (Phi) is 5.98. The summed E-state index contributed by atoms with van der Waals surface area (Å²) in [6, 6.07) is 6.54. The van der Waals surface area contributed by atoms with Crippen LogP contribution in [0, 0.1) is 26.7 Å². The average Bonchev–Trinajstić information content (AvgIpc) is 3.05. The lowest BCUT2D eigenvalue weighted by Gasteiger charge is -2.33. The van der Waals surface area contributed by atoms with Gasteiger partial charge in [-0.3, -0.25) is 4.79 Å². The Labute approximate surface area is 186 Å². The molecule has 7 heteroatoms. The number of aryl methyl sites for hydroxylation is 3. The predicted molar refractivity (Wildman–Crippen MR) is 124 cm³/mol. The Hall–Kier alpha value is -2.18. The Balaban J connectivity index is 1.83. The molecule has 1 aliphatic rings. The van der Waals surface area contributed by atoms with Gasteiger partial charge in [0.15, 0.2) is 0 Å². The Morgan fingerprint density at radius 3 is 2.80 bits per heavy atom. The van der Waals surface area contributed by atoms with Crippen molar-refractivity contribution < 1.29 is 9.53 Å². The molecule has 1 unspecified atom stereocenters. The Bertz CT molecular complexity index is 1110. The van der Waals surface area contributed by atoms with E-state index in [4.69, 9.17) is 16.3 Å². The number of anilines is 1. The van der Waals surface area contributed by atoms with Crippen molar-refractivity contribution in [3.8, 4) is 11.1 Å². The van der Waals surface area contributed by atoms with Gasteiger partial charge in [-0.1, -0.05) is 18.2 Å². The number of fused-ring (bicyclic) bond motifs is 1. The number of rotatable bonds is 4. The summed E-state index contributed by atoms with van der Waals surface area (Å²) in [6.07, 6.45) is 1.75. The fourth-order valence-corrected chi connectivity index (χ4v) is 5.42. The minimum absolute atomic E-state index is 0.130. The van der Waals surface area contributed by atoms with E-state index in [9.17, 15) is 4.79 Å². The summed E-state index contributed by atoms with van der Waals surface area (Å²) in [7, 11) is 0. The van der Waals surface area contributed by atoms with Crippen LogP contribution in [0.3, 0.4) is 0 Å². The molecule has 1 atom stereocenters. The van der Waals surface area contributed by atoms with Crippen molar-refractivity contribution in [2.24, 2.45) is 5.92 Å². The van der Waals surface area contributed by atoms with E-state index in [0.717, 1.165) is 46.5 Å². The number of benzene rings is 1. The smallest absolute Gasteiger partial charge is 0.310 e. The number of esters is 1. The lowest BCUT2D eigenvalue weighted by molar-refractivity contribution is -0.148. The van der Waals surface area contributed by atoms with Gasteiger partial charge in [0.2, 0.25) is 5.28 Å². The normalized spacial score (nSPS) is 16.8. The molecule has 0 saturated carbocycles. The fourth-order valence-electron chi connectivity index (χ4n) is 4.16. The van der Waals surface area contributed by atoms with Crippen molar-refractivity contribution >= 4 is 44.9 Å². The molecule has 2 aromatic heterocycles. The topological polar surface area (TPSA) is 55.3 Å². The van der Waals surface area contributed by atoms with Crippen molar-refractivity contribution in [1.29, 1.82) is 0 Å². The summed E-state index contributed by atoms with van der Waals surface area (Å²) >= 11 is 7.95. The molecule has 1 aliphatic heterocycles. The third-order valence-electron chi connectivity index (χ3n) is 5.82. The van der Waals surface area contributed by atoms with Crippen LogP contribution < -0.4 is 4.90 Å². The van der Waals surface area contributed by atoms with E-state index in [1.165, 1.54) is 16.0 Å². The molecule has 30 heavy (non-hydrogen) atoms. The maximum Gasteiger partial charge on any atom is 0.310 e. The van der Waals surface area contributed by atoms with Gasteiger partial charge in [0.25, 0.3) is 0 Å². The zero-order valence-electron chi connectivity index (χ0n) is 17.8. The SMILES string of the molecule is CCOC(=O)C1CCCN(c2nc(Cl)nc3sc(C)c(-c4ccc(C)c(C)c4)c23)C1. The van der Waals surface area contributed by atoms with Gasteiger partial charge in [0, 0.05) is 23.5 Å². The number of hydrogen-bond donors (Lipinski definition) is 0. The maximum atomic E-state index is 12.4. The Morgan fingerprint density at radius 2 is 2.07 bits per heavy atom. The summed E-state index contributed by atoms with van der Waals surface area (Å²) in [5, 5.41) is 1.26. The monoisotopic (exact) mass is 443 g/mol. The van der Waals surface area contributed by atoms with Crippen LogP contribution in [0.4, 0.5) is 5.82 Å². The van der Waals surface area contributed by atoms with Gasteiger partial charge in [0.05, 0.1) is 17.9 Å². The first-order chi connectivity index (χ1) is 14.4. The Morgan fingerprint density at radius 1 is 1.27 bits per heavy atom. The molecule has 5 nitrogen and oxygen atoms in total. The number of ether oxygens (including phenoxy) is 1. The van der Waals surface area contributed by atoms with Crippen LogP contribution >= 0.6 is 22.9 Å². The van der Waals surface area contributed by atoms with Gasteiger partial charge in [-0.15, -0.1) is 11.3 Å². The van der Waals surface area contributed by atoms with E-state index < -0.39 is 0 Å². The van der Waals surface area contributed by atoms with Crippen LogP contribution in [0.25, 0.3) is 21.3 Å². The van der Waals surface area contributed by atoms with Gasteiger partial charge in [-0.05, 0) is 68.8 Å². The molecule has 1 fully saturated rings. The van der Waals surface area contributed by atoms with Crippen molar-refractivity contribution in [3.63, 3.8) is 0 Å². The molecule has 0 amide bonds. The minimum Gasteiger partial charge on any atom is -0.466 e. The van der Waals surface area contributed by atoms with E-state index in [0.29, 0.717) is 13.2 Å². The summed E-state index contributed by atoms with van der Waals surface area (Å²) < 4.78 is 5.28. The van der Waals surface area contributed by atoms with E-state index in [1.807, 2.05) is 6.92 Å². The first kappa shape index (κ1) is 21.1. The molecule has 3 aromatic rings. The highest BCUT2D eigenvalue weighted by Gasteiger charge is 2.30. The zero-order valence-corrected chi connectivity index (χ0v) is 19.4. The molecule has 158 valence electrons. The maximum absolute atomic E-state index is 12.4. The molecule has 1 saturated heterocycles. The predicted octanol–water partition coefficient (Wildman–Crippen LogP) is 5.72. The molecular weight excluding hydrogens is 418 g/mol. The van der Waals surface area contributed by atoms with E-state index in [-0.39, 0.29) is 17.2 Å². The molecule has 0 radical (unpaired) electrons. The molecule has 0 spiro atoms. The number of carbonyl (C=O) groups excluding carboxylic acids is 1. The highest BCUT2D eigenvalue weighted by molar-refractivity contribution is 7.19. The molecule has 0 N–H and O–H groups in total. The quantitative estimate of drug-likeness (QED) is 0.381. The van der Waals surface area contributed by atoms with Crippen molar-refractivity contribution in [1.82, 2.24) is 9.97 Å². The van der Waals surface area contributed by atoms with Crippen molar-refractivity contribution in [3.05, 3.63) is 39.5 Å². The second-order valence-corrected chi connectivity index (χ2v) is 9.41. The van der Waals surface area contributed by atoms with E-state index >= 15 is 0 Å². The van der Waals surface area contributed by atoms with Gasteiger partial charge < -0.3 is 9.64 Å². The number of nitrogens with zero attached hydrogens (tertiary/aromatic N) is 3. The number of halogens is 1. The molecular formula is C23H26ClN3O2S. The summed E-state index contributed by atoms with van der Waals surface area (Å²) in [4.78, 5) is 25.8.